The monoisotopic (exact) mass is 468 g/mol. The highest BCUT2D eigenvalue weighted by Gasteiger charge is 2.36. The molecule has 1 aromatic heterocycles. The maximum Gasteiger partial charge on any atom is 0.205 e. The van der Waals surface area contributed by atoms with Gasteiger partial charge in [0, 0.05) is 17.7 Å². The van der Waals surface area contributed by atoms with Crippen LogP contribution >= 0.6 is 0 Å². The van der Waals surface area contributed by atoms with Crippen LogP contribution in [-0.2, 0) is 0 Å². The van der Waals surface area contributed by atoms with E-state index in [1.807, 2.05) is 0 Å². The molecule has 34 heavy (non-hydrogen) atoms. The number of fused-ring (bicyclic) bond motifs is 4. The van der Waals surface area contributed by atoms with E-state index < -0.39 is 30.0 Å². The molecular weight excluding hydrogens is 448 g/mol. The number of hydrogen-bond donors (Lipinski definition) is 4. The first kappa shape index (κ1) is 21.5. The molecular formula is C24H20O10. The Balaban J connectivity index is 1.68. The number of aromatic hydroxyl groups is 3. The van der Waals surface area contributed by atoms with Gasteiger partial charge in [0.25, 0.3) is 0 Å². The molecule has 2 atom stereocenters. The minimum absolute atomic E-state index is 0.0392. The zero-order valence-corrected chi connectivity index (χ0v) is 18.1. The van der Waals surface area contributed by atoms with E-state index in [4.69, 9.17) is 23.4 Å². The molecule has 0 bridgehead atoms. The molecule has 2 heterocycles. The fourth-order valence-electron chi connectivity index (χ4n) is 4.09. The van der Waals surface area contributed by atoms with Crippen molar-refractivity contribution < 1.29 is 43.8 Å². The third-order valence-corrected chi connectivity index (χ3v) is 5.70. The number of rotatable bonds is 4. The molecule has 3 aromatic carbocycles. The zero-order chi connectivity index (χ0) is 24.1. The summed E-state index contributed by atoms with van der Waals surface area (Å²) in [4.78, 5) is 13.0. The Morgan fingerprint density at radius 2 is 1.68 bits per heavy atom. The van der Waals surface area contributed by atoms with E-state index in [2.05, 4.69) is 0 Å². The highest BCUT2D eigenvalue weighted by molar-refractivity contribution is 5.96. The molecule has 0 radical (unpaired) electrons. The van der Waals surface area contributed by atoms with Crippen LogP contribution in [0, 0.1) is 0 Å². The SMILES string of the molecule is COc1cc([C@H]2Oc3ccc4c(=O)c5c(O)cc(O)cc5oc4c3O[C@@H]2CO)cc(OC)c1O. The molecule has 0 saturated heterocycles. The molecule has 0 fully saturated rings. The molecule has 176 valence electrons. The van der Waals surface area contributed by atoms with Gasteiger partial charge in [0.1, 0.15) is 22.5 Å². The first-order chi connectivity index (χ1) is 16.4. The van der Waals surface area contributed by atoms with Crippen molar-refractivity contribution in [2.75, 3.05) is 20.8 Å². The predicted octanol–water partition coefficient (Wildman–Crippen LogP) is 2.95. The van der Waals surface area contributed by atoms with Gasteiger partial charge in [0.15, 0.2) is 35.0 Å². The predicted molar refractivity (Wildman–Crippen MR) is 119 cm³/mol. The van der Waals surface area contributed by atoms with Gasteiger partial charge in [-0.2, -0.15) is 0 Å². The number of aliphatic hydroxyl groups excluding tert-OH is 1. The Labute approximate surface area is 191 Å². The van der Waals surface area contributed by atoms with Crippen LogP contribution in [0.5, 0.6) is 40.2 Å². The van der Waals surface area contributed by atoms with Crippen molar-refractivity contribution in [1.82, 2.24) is 0 Å². The van der Waals surface area contributed by atoms with Crippen LogP contribution in [0.25, 0.3) is 21.9 Å². The summed E-state index contributed by atoms with van der Waals surface area (Å²) in [6.07, 6.45) is -1.74. The van der Waals surface area contributed by atoms with Crippen LogP contribution < -0.4 is 24.4 Å². The lowest BCUT2D eigenvalue weighted by Gasteiger charge is -2.33. The number of benzene rings is 3. The second-order valence-corrected chi connectivity index (χ2v) is 7.69. The molecule has 4 aromatic rings. The van der Waals surface area contributed by atoms with Gasteiger partial charge in [-0.1, -0.05) is 0 Å². The third kappa shape index (κ3) is 3.19. The number of phenolic OH excluding ortho intramolecular Hbond substituents is 3. The topological polar surface area (TPSA) is 148 Å². The second kappa shape index (κ2) is 7.92. The average molecular weight is 468 g/mol. The molecule has 1 aliphatic heterocycles. The quantitative estimate of drug-likeness (QED) is 0.329. The maximum atomic E-state index is 13.0. The van der Waals surface area contributed by atoms with Crippen LogP contribution in [0.1, 0.15) is 11.7 Å². The van der Waals surface area contributed by atoms with Crippen LogP contribution in [0.2, 0.25) is 0 Å². The summed E-state index contributed by atoms with van der Waals surface area (Å²) >= 11 is 0. The minimum Gasteiger partial charge on any atom is -0.508 e. The molecule has 10 nitrogen and oxygen atoms in total. The number of ether oxygens (including phenoxy) is 4. The lowest BCUT2D eigenvalue weighted by molar-refractivity contribution is -0.0118. The Morgan fingerprint density at radius 1 is 0.971 bits per heavy atom. The highest BCUT2D eigenvalue weighted by atomic mass is 16.6. The van der Waals surface area contributed by atoms with Gasteiger partial charge in [-0.05, 0) is 24.3 Å². The highest BCUT2D eigenvalue weighted by Crippen LogP contribution is 2.47. The molecule has 0 spiro atoms. The smallest absolute Gasteiger partial charge is 0.205 e. The van der Waals surface area contributed by atoms with E-state index in [1.165, 1.54) is 32.4 Å². The van der Waals surface area contributed by atoms with Crippen molar-refractivity contribution in [1.29, 1.82) is 0 Å². The summed E-state index contributed by atoms with van der Waals surface area (Å²) in [5.74, 6) is -0.251. The van der Waals surface area contributed by atoms with Crippen molar-refractivity contribution in [3.05, 3.63) is 52.2 Å². The summed E-state index contributed by atoms with van der Waals surface area (Å²) in [5.41, 5.74) is -0.0117. The molecule has 1 aliphatic rings. The van der Waals surface area contributed by atoms with E-state index >= 15 is 0 Å². The standard InChI is InChI=1S/C24H20O10/c1-30-16-5-10(6-17(31-2)21(16)29)22-18(9-25)34-24-14(32-22)4-3-12-20(28)19-13(27)7-11(26)8-15(19)33-23(12)24/h3-8,18,22,25-27,29H,9H2,1-2H3/t18-,22-/m1/s1. The Hall–Kier alpha value is -4.31. The van der Waals surface area contributed by atoms with Gasteiger partial charge in [-0.15, -0.1) is 0 Å². The second-order valence-electron chi connectivity index (χ2n) is 7.69. The summed E-state index contributed by atoms with van der Waals surface area (Å²) in [6.45, 7) is -0.453. The van der Waals surface area contributed by atoms with Gasteiger partial charge in [-0.3, -0.25) is 4.79 Å². The van der Waals surface area contributed by atoms with Gasteiger partial charge >= 0.3 is 0 Å². The number of hydrogen-bond acceptors (Lipinski definition) is 10. The fraction of sp³-hybridized carbons (Fsp3) is 0.208. The lowest BCUT2D eigenvalue weighted by Crippen LogP contribution is -2.36. The molecule has 0 saturated carbocycles. The summed E-state index contributed by atoms with van der Waals surface area (Å²) in [5, 5.41) is 40.2. The van der Waals surface area contributed by atoms with Crippen LogP contribution in [0.15, 0.2) is 45.6 Å². The minimum atomic E-state index is -0.921. The molecule has 0 aliphatic carbocycles. The van der Waals surface area contributed by atoms with Crippen LogP contribution in [0.4, 0.5) is 0 Å². The Kier molecular flexibility index (Phi) is 5.02. The van der Waals surface area contributed by atoms with E-state index in [0.717, 1.165) is 6.07 Å². The van der Waals surface area contributed by atoms with Gasteiger partial charge in [0.2, 0.25) is 16.9 Å². The van der Waals surface area contributed by atoms with Crippen molar-refractivity contribution >= 4 is 21.9 Å². The number of phenols is 3. The maximum absolute atomic E-state index is 13.0. The summed E-state index contributed by atoms with van der Waals surface area (Å²) in [6, 6.07) is 8.34. The van der Waals surface area contributed by atoms with Crippen molar-refractivity contribution in [2.24, 2.45) is 0 Å². The first-order valence-corrected chi connectivity index (χ1v) is 10.2. The first-order valence-electron chi connectivity index (χ1n) is 10.2. The van der Waals surface area contributed by atoms with Crippen molar-refractivity contribution in [2.45, 2.75) is 12.2 Å². The fourth-order valence-corrected chi connectivity index (χ4v) is 4.09. The number of methoxy groups -OCH3 is 2. The Morgan fingerprint density at radius 3 is 2.32 bits per heavy atom. The van der Waals surface area contributed by atoms with E-state index in [-0.39, 0.29) is 56.4 Å². The lowest BCUT2D eigenvalue weighted by atomic mass is 10.0. The van der Waals surface area contributed by atoms with Crippen LogP contribution in [0.3, 0.4) is 0 Å². The zero-order valence-electron chi connectivity index (χ0n) is 18.1. The summed E-state index contributed by atoms with van der Waals surface area (Å²) in [7, 11) is 2.78. The third-order valence-electron chi connectivity index (χ3n) is 5.70. The average Bonchev–Trinajstić information content (AvgIpc) is 2.82. The molecule has 10 heteroatoms. The molecule has 0 amide bonds. The largest absolute Gasteiger partial charge is 0.508 e. The molecule has 0 unspecified atom stereocenters. The van der Waals surface area contributed by atoms with Gasteiger partial charge in [-0.25, -0.2) is 0 Å². The number of aliphatic hydroxyl groups is 1. The van der Waals surface area contributed by atoms with Crippen LogP contribution in [-0.4, -0.2) is 47.4 Å². The molecule has 5 rings (SSSR count). The van der Waals surface area contributed by atoms with Gasteiger partial charge < -0.3 is 43.8 Å². The van der Waals surface area contributed by atoms with E-state index in [9.17, 15) is 25.2 Å². The Bertz CT molecular complexity index is 1460. The van der Waals surface area contributed by atoms with Crippen molar-refractivity contribution in [3.8, 4) is 40.2 Å². The normalized spacial score (nSPS) is 17.1. The molecule has 4 N–H and O–H groups in total. The summed E-state index contributed by atoms with van der Waals surface area (Å²) < 4.78 is 28.4. The van der Waals surface area contributed by atoms with Gasteiger partial charge in [0.05, 0.1) is 26.2 Å². The van der Waals surface area contributed by atoms with E-state index in [0.29, 0.717) is 5.56 Å². The van der Waals surface area contributed by atoms with E-state index in [1.54, 1.807) is 12.1 Å². The van der Waals surface area contributed by atoms with Crippen molar-refractivity contribution in [3.63, 3.8) is 0 Å².